The van der Waals surface area contributed by atoms with Gasteiger partial charge in [0.1, 0.15) is 5.82 Å². The maximum atomic E-state index is 13.5. The summed E-state index contributed by atoms with van der Waals surface area (Å²) in [5.41, 5.74) is 6.62. The first-order chi connectivity index (χ1) is 12.1. The van der Waals surface area contributed by atoms with Crippen LogP contribution in [0.4, 0.5) is 4.39 Å². The summed E-state index contributed by atoms with van der Waals surface area (Å²) >= 11 is 0. The van der Waals surface area contributed by atoms with E-state index in [2.05, 4.69) is 28.5 Å². The van der Waals surface area contributed by atoms with Gasteiger partial charge in [0.05, 0.1) is 6.42 Å². The first-order valence-electron chi connectivity index (χ1n) is 8.74. The number of amides is 1. The van der Waals surface area contributed by atoms with E-state index in [4.69, 9.17) is 0 Å². The number of hydrogen-bond acceptors (Lipinski definition) is 1. The lowest BCUT2D eigenvalue weighted by molar-refractivity contribution is -0.120. The third kappa shape index (κ3) is 3.16. The van der Waals surface area contributed by atoms with Gasteiger partial charge in [0.15, 0.2) is 0 Å². The maximum absolute atomic E-state index is 13.5. The molecule has 3 nitrogen and oxygen atoms in total. The van der Waals surface area contributed by atoms with Crippen LogP contribution < -0.4 is 5.32 Å². The van der Waals surface area contributed by atoms with Gasteiger partial charge in [-0.2, -0.15) is 0 Å². The molecule has 1 aromatic heterocycles. The largest absolute Gasteiger partial charge is 0.358 e. The molecule has 128 valence electrons. The second kappa shape index (κ2) is 6.36. The van der Waals surface area contributed by atoms with Crippen molar-refractivity contribution < 1.29 is 9.18 Å². The summed E-state index contributed by atoms with van der Waals surface area (Å²) in [4.78, 5) is 15.6. The van der Waals surface area contributed by atoms with Crippen LogP contribution in [-0.2, 0) is 30.6 Å². The Morgan fingerprint density at radius 3 is 2.88 bits per heavy atom. The summed E-state index contributed by atoms with van der Waals surface area (Å²) in [6.07, 6.45) is 3.78. The van der Waals surface area contributed by atoms with E-state index in [1.807, 2.05) is 6.92 Å². The highest BCUT2D eigenvalue weighted by Crippen LogP contribution is 2.24. The number of hydrogen-bond donors (Lipinski definition) is 2. The van der Waals surface area contributed by atoms with Crippen molar-refractivity contribution in [3.8, 4) is 0 Å². The highest BCUT2D eigenvalue weighted by atomic mass is 19.1. The van der Waals surface area contributed by atoms with Crippen molar-refractivity contribution in [2.75, 3.05) is 0 Å². The Hall–Kier alpha value is -2.62. The topological polar surface area (TPSA) is 44.9 Å². The fourth-order valence-electron chi connectivity index (χ4n) is 3.74. The minimum Gasteiger partial charge on any atom is -0.358 e. The normalized spacial score (nSPS) is 13.2. The molecule has 1 amide bonds. The van der Waals surface area contributed by atoms with Crippen molar-refractivity contribution in [1.29, 1.82) is 0 Å². The SMILES string of the molecule is Cc1[nH]c2ccc(F)cc2c1CC(=O)NCc1ccc2c(c1)CCC2. The van der Waals surface area contributed by atoms with E-state index in [-0.39, 0.29) is 18.1 Å². The predicted octanol–water partition coefficient (Wildman–Crippen LogP) is 3.96. The van der Waals surface area contributed by atoms with E-state index in [9.17, 15) is 9.18 Å². The molecule has 0 spiro atoms. The van der Waals surface area contributed by atoms with E-state index in [1.54, 1.807) is 6.07 Å². The van der Waals surface area contributed by atoms with Crippen molar-refractivity contribution in [2.45, 2.75) is 39.2 Å². The lowest BCUT2D eigenvalue weighted by Crippen LogP contribution is -2.24. The monoisotopic (exact) mass is 336 g/mol. The molecular weight excluding hydrogens is 315 g/mol. The Morgan fingerprint density at radius 1 is 1.16 bits per heavy atom. The average molecular weight is 336 g/mol. The standard InChI is InChI=1S/C21H21FN2O/c1-13-18(19-10-17(22)7-8-20(19)24-13)11-21(25)23-12-14-5-6-15-3-2-4-16(15)9-14/h5-10,24H,2-4,11-12H2,1H3,(H,23,25). The number of H-pyrrole nitrogens is 1. The highest BCUT2D eigenvalue weighted by Gasteiger charge is 2.14. The summed E-state index contributed by atoms with van der Waals surface area (Å²) in [5, 5.41) is 3.77. The number of aromatic nitrogens is 1. The Kier molecular flexibility index (Phi) is 4.04. The van der Waals surface area contributed by atoms with Crippen LogP contribution in [-0.4, -0.2) is 10.9 Å². The van der Waals surface area contributed by atoms with Crippen LogP contribution in [0.3, 0.4) is 0 Å². The third-order valence-electron chi connectivity index (χ3n) is 5.07. The zero-order chi connectivity index (χ0) is 17.4. The van der Waals surface area contributed by atoms with Crippen molar-refractivity contribution in [1.82, 2.24) is 10.3 Å². The number of aryl methyl sites for hydroxylation is 3. The molecule has 25 heavy (non-hydrogen) atoms. The van der Waals surface area contributed by atoms with Gasteiger partial charge in [-0.15, -0.1) is 0 Å². The van der Waals surface area contributed by atoms with Gasteiger partial charge in [0.25, 0.3) is 0 Å². The predicted molar refractivity (Wildman–Crippen MR) is 97.0 cm³/mol. The second-order valence-corrected chi connectivity index (χ2v) is 6.83. The number of aromatic amines is 1. The van der Waals surface area contributed by atoms with Crippen LogP contribution >= 0.6 is 0 Å². The first-order valence-corrected chi connectivity index (χ1v) is 8.74. The number of halogens is 1. The molecule has 0 saturated heterocycles. The van der Waals surface area contributed by atoms with Crippen LogP contribution in [0.25, 0.3) is 10.9 Å². The summed E-state index contributed by atoms with van der Waals surface area (Å²) in [6.45, 7) is 2.45. The number of carbonyl (C=O) groups excluding carboxylic acids is 1. The molecular formula is C21H21FN2O. The molecule has 1 aliphatic carbocycles. The van der Waals surface area contributed by atoms with E-state index in [0.29, 0.717) is 6.54 Å². The summed E-state index contributed by atoms with van der Waals surface area (Å²) in [6, 6.07) is 11.1. The van der Waals surface area contributed by atoms with Crippen LogP contribution in [0.1, 0.15) is 34.4 Å². The summed E-state index contributed by atoms with van der Waals surface area (Å²) < 4.78 is 13.5. The zero-order valence-corrected chi connectivity index (χ0v) is 14.3. The van der Waals surface area contributed by atoms with Gasteiger partial charge in [-0.25, -0.2) is 4.39 Å². The van der Waals surface area contributed by atoms with Gasteiger partial charge in [0, 0.05) is 23.1 Å². The maximum Gasteiger partial charge on any atom is 0.224 e. The molecule has 0 atom stereocenters. The zero-order valence-electron chi connectivity index (χ0n) is 14.3. The van der Waals surface area contributed by atoms with Crippen LogP contribution in [0, 0.1) is 12.7 Å². The number of rotatable bonds is 4. The number of nitrogens with one attached hydrogen (secondary N) is 2. The molecule has 3 aromatic rings. The van der Waals surface area contributed by atoms with Gasteiger partial charge in [0.2, 0.25) is 5.91 Å². The molecule has 4 rings (SSSR count). The van der Waals surface area contributed by atoms with Crippen molar-refractivity contribution in [3.63, 3.8) is 0 Å². The minimum atomic E-state index is -0.286. The Morgan fingerprint density at radius 2 is 2.00 bits per heavy atom. The lowest BCUT2D eigenvalue weighted by Gasteiger charge is -2.08. The van der Waals surface area contributed by atoms with E-state index in [0.717, 1.165) is 34.1 Å². The molecule has 2 aromatic carbocycles. The number of fused-ring (bicyclic) bond motifs is 2. The van der Waals surface area contributed by atoms with Crippen molar-refractivity contribution >= 4 is 16.8 Å². The molecule has 0 aliphatic heterocycles. The minimum absolute atomic E-state index is 0.0474. The highest BCUT2D eigenvalue weighted by molar-refractivity contribution is 5.90. The molecule has 0 unspecified atom stereocenters. The molecule has 0 bridgehead atoms. The van der Waals surface area contributed by atoms with Gasteiger partial charge in [-0.3, -0.25) is 4.79 Å². The molecule has 0 fully saturated rings. The fraction of sp³-hybridized carbons (Fsp3) is 0.286. The number of benzene rings is 2. The Balaban J connectivity index is 1.46. The van der Waals surface area contributed by atoms with Crippen LogP contribution in [0.15, 0.2) is 36.4 Å². The molecule has 4 heteroatoms. The Labute approximate surface area is 146 Å². The van der Waals surface area contributed by atoms with Gasteiger partial charge < -0.3 is 10.3 Å². The quantitative estimate of drug-likeness (QED) is 0.744. The van der Waals surface area contributed by atoms with Gasteiger partial charge in [-0.05, 0) is 66.6 Å². The third-order valence-corrected chi connectivity index (χ3v) is 5.07. The van der Waals surface area contributed by atoms with E-state index in [1.165, 1.54) is 36.1 Å². The van der Waals surface area contributed by atoms with Crippen LogP contribution in [0.2, 0.25) is 0 Å². The lowest BCUT2D eigenvalue weighted by atomic mass is 10.1. The summed E-state index contributed by atoms with van der Waals surface area (Å²) in [5.74, 6) is -0.333. The Bertz CT molecular complexity index is 958. The first kappa shape index (κ1) is 15.9. The van der Waals surface area contributed by atoms with Crippen LogP contribution in [0.5, 0.6) is 0 Å². The molecule has 1 heterocycles. The molecule has 2 N–H and O–H groups in total. The smallest absolute Gasteiger partial charge is 0.224 e. The summed E-state index contributed by atoms with van der Waals surface area (Å²) in [7, 11) is 0. The molecule has 0 radical (unpaired) electrons. The molecule has 1 aliphatic rings. The van der Waals surface area contributed by atoms with E-state index >= 15 is 0 Å². The average Bonchev–Trinajstić information content (AvgIpc) is 3.17. The fourth-order valence-corrected chi connectivity index (χ4v) is 3.74. The van der Waals surface area contributed by atoms with Gasteiger partial charge >= 0.3 is 0 Å². The second-order valence-electron chi connectivity index (χ2n) is 6.83. The number of carbonyl (C=O) groups is 1. The van der Waals surface area contributed by atoms with Gasteiger partial charge in [-0.1, -0.05) is 18.2 Å². The molecule has 0 saturated carbocycles. The van der Waals surface area contributed by atoms with Crippen molar-refractivity contribution in [2.24, 2.45) is 0 Å². The van der Waals surface area contributed by atoms with Crippen molar-refractivity contribution in [3.05, 3.63) is 70.2 Å². The van der Waals surface area contributed by atoms with E-state index < -0.39 is 0 Å².